The molecule has 1 N–H and O–H groups in total. The number of carboxylic acid groups (broad SMARTS) is 1. The second kappa shape index (κ2) is 4.42. The molecule has 0 fully saturated rings. The third-order valence-electron chi connectivity index (χ3n) is 2.86. The molecule has 1 atom stereocenters. The molecular formula is C12H8F3NO3. The van der Waals surface area contributed by atoms with Crippen molar-refractivity contribution in [3.63, 3.8) is 0 Å². The molecule has 2 rings (SSSR count). The molecule has 7 heteroatoms. The van der Waals surface area contributed by atoms with E-state index in [0.717, 1.165) is 17.0 Å². The fourth-order valence-electron chi connectivity index (χ4n) is 1.96. The topological polar surface area (TPSA) is 59.3 Å². The first-order valence-corrected chi connectivity index (χ1v) is 5.20. The van der Waals surface area contributed by atoms with Gasteiger partial charge in [-0.1, -0.05) is 6.58 Å². The van der Waals surface area contributed by atoms with Crippen molar-refractivity contribution in [2.45, 2.75) is 12.6 Å². The van der Waals surface area contributed by atoms with E-state index in [1.165, 1.54) is 0 Å². The zero-order valence-electron chi connectivity index (χ0n) is 9.49. The third kappa shape index (κ3) is 1.87. The summed E-state index contributed by atoms with van der Waals surface area (Å²) in [5, 5.41) is 8.85. The van der Waals surface area contributed by atoms with Crippen LogP contribution in [0.5, 0.6) is 0 Å². The van der Waals surface area contributed by atoms with Crippen LogP contribution in [0.2, 0.25) is 0 Å². The molecule has 0 saturated carbocycles. The van der Waals surface area contributed by atoms with Gasteiger partial charge in [0.15, 0.2) is 17.4 Å². The van der Waals surface area contributed by atoms with Crippen LogP contribution in [0.4, 0.5) is 13.2 Å². The molecule has 1 aromatic rings. The minimum Gasteiger partial charge on any atom is -0.477 e. The molecule has 0 saturated heterocycles. The maximum absolute atomic E-state index is 13.8. The fourth-order valence-corrected chi connectivity index (χ4v) is 1.96. The quantitative estimate of drug-likeness (QED) is 0.898. The van der Waals surface area contributed by atoms with Crippen LogP contribution in [0, 0.1) is 0 Å². The smallest absolute Gasteiger partial charge is 0.341 e. The highest BCUT2D eigenvalue weighted by molar-refractivity contribution is 5.87. The van der Waals surface area contributed by atoms with Crippen LogP contribution in [0.15, 0.2) is 29.2 Å². The molecule has 0 spiro atoms. The third-order valence-corrected chi connectivity index (χ3v) is 2.86. The number of aromatic nitrogens is 1. The summed E-state index contributed by atoms with van der Waals surface area (Å²) in [6, 6.07) is 0. The molecule has 1 heterocycles. The number of pyridine rings is 1. The Morgan fingerprint density at radius 2 is 2.16 bits per heavy atom. The molecule has 100 valence electrons. The van der Waals surface area contributed by atoms with Crippen LogP contribution in [0.1, 0.15) is 27.8 Å². The van der Waals surface area contributed by atoms with Gasteiger partial charge in [0, 0.05) is 24.4 Å². The van der Waals surface area contributed by atoms with E-state index in [0.29, 0.717) is 0 Å². The van der Waals surface area contributed by atoms with Crippen molar-refractivity contribution in [2.24, 2.45) is 0 Å². The molecule has 0 aromatic carbocycles. The highest BCUT2D eigenvalue weighted by Crippen LogP contribution is 2.37. The molecule has 0 aliphatic heterocycles. The zero-order chi connectivity index (χ0) is 14.3. The van der Waals surface area contributed by atoms with Gasteiger partial charge < -0.3 is 9.67 Å². The van der Waals surface area contributed by atoms with Gasteiger partial charge >= 0.3 is 5.97 Å². The molecular weight excluding hydrogens is 263 g/mol. The van der Waals surface area contributed by atoms with Crippen molar-refractivity contribution >= 4 is 12.2 Å². The minimum absolute atomic E-state index is 0.411. The Balaban J connectivity index is 2.83. The van der Waals surface area contributed by atoms with Gasteiger partial charge in [-0.25, -0.2) is 18.0 Å². The lowest BCUT2D eigenvalue weighted by molar-refractivity contribution is 0.0694. The Morgan fingerprint density at radius 1 is 1.53 bits per heavy atom. The molecule has 0 radical (unpaired) electrons. The van der Waals surface area contributed by atoms with Crippen LogP contribution >= 0.6 is 0 Å². The van der Waals surface area contributed by atoms with Crippen LogP contribution < -0.4 is 5.43 Å². The van der Waals surface area contributed by atoms with Crippen LogP contribution in [0.3, 0.4) is 0 Å². The molecule has 19 heavy (non-hydrogen) atoms. The van der Waals surface area contributed by atoms with E-state index in [-0.39, 0.29) is 0 Å². The number of carbonyl (C=O) groups is 1. The summed E-state index contributed by atoms with van der Waals surface area (Å²) in [7, 11) is 0. The minimum atomic E-state index is -2.45. The van der Waals surface area contributed by atoms with Gasteiger partial charge in [-0.3, -0.25) is 4.79 Å². The summed E-state index contributed by atoms with van der Waals surface area (Å²) in [4.78, 5) is 22.7. The summed E-state index contributed by atoms with van der Waals surface area (Å²) in [5.41, 5.74) is -2.51. The lowest BCUT2D eigenvalue weighted by atomic mass is 9.96. The molecule has 1 aromatic heterocycles. The van der Waals surface area contributed by atoms with Gasteiger partial charge in [0.1, 0.15) is 11.4 Å². The number of fused-ring (bicyclic) bond motifs is 1. The van der Waals surface area contributed by atoms with Gasteiger partial charge in [0.05, 0.1) is 5.69 Å². The summed E-state index contributed by atoms with van der Waals surface area (Å²) < 4.78 is 41.1. The summed E-state index contributed by atoms with van der Waals surface area (Å²) in [5.74, 6) is -4.55. The van der Waals surface area contributed by atoms with E-state index in [4.69, 9.17) is 5.11 Å². The number of hydrogen-bond acceptors (Lipinski definition) is 2. The summed E-state index contributed by atoms with van der Waals surface area (Å²) >= 11 is 0. The van der Waals surface area contributed by atoms with Crippen LogP contribution in [-0.4, -0.2) is 15.6 Å². The predicted molar refractivity (Wildman–Crippen MR) is 60.8 cm³/mol. The number of halogens is 3. The average molecular weight is 271 g/mol. The zero-order valence-corrected chi connectivity index (χ0v) is 9.49. The summed E-state index contributed by atoms with van der Waals surface area (Å²) in [6.07, 6.45) is -1.36. The lowest BCUT2D eigenvalue weighted by Gasteiger charge is -2.21. The van der Waals surface area contributed by atoms with Crippen molar-refractivity contribution in [3.05, 3.63) is 51.5 Å². The first kappa shape index (κ1) is 13.1. The van der Waals surface area contributed by atoms with Crippen molar-refractivity contribution < 1.29 is 23.1 Å². The second-order valence-corrected chi connectivity index (χ2v) is 3.92. The van der Waals surface area contributed by atoms with Gasteiger partial charge in [0.25, 0.3) is 0 Å². The van der Waals surface area contributed by atoms with E-state index in [9.17, 15) is 22.8 Å². The standard InChI is InChI=1S/C12H8F3NO3/c1-2-16-4-6(12(18)19)11(17)5-3-7(13)8(14)9(15)10(5)16/h2,4,9H,1,3H2,(H,18,19). The molecule has 0 bridgehead atoms. The van der Waals surface area contributed by atoms with Crippen molar-refractivity contribution in [3.8, 4) is 0 Å². The number of aromatic carboxylic acids is 1. The van der Waals surface area contributed by atoms with Gasteiger partial charge in [-0.2, -0.15) is 0 Å². The van der Waals surface area contributed by atoms with Crippen LogP contribution in [0.25, 0.3) is 6.20 Å². The normalized spacial score (nSPS) is 18.2. The SMILES string of the molecule is C=Cn1cc(C(=O)O)c(=O)c2c1C(F)C(F)=C(F)C2. The second-order valence-electron chi connectivity index (χ2n) is 3.92. The monoisotopic (exact) mass is 271 g/mol. The first-order valence-electron chi connectivity index (χ1n) is 5.20. The van der Waals surface area contributed by atoms with Gasteiger partial charge in [0.2, 0.25) is 0 Å². The molecule has 1 aliphatic carbocycles. The van der Waals surface area contributed by atoms with E-state index < -0.39 is 52.5 Å². The van der Waals surface area contributed by atoms with Crippen molar-refractivity contribution in [1.29, 1.82) is 0 Å². The lowest BCUT2D eigenvalue weighted by Crippen LogP contribution is -2.27. The number of alkyl halides is 1. The molecule has 1 aliphatic rings. The van der Waals surface area contributed by atoms with Crippen LogP contribution in [-0.2, 0) is 6.42 Å². The number of carboxylic acids is 1. The molecule has 1 unspecified atom stereocenters. The Labute approximate surface area is 105 Å². The van der Waals surface area contributed by atoms with E-state index in [1.807, 2.05) is 0 Å². The highest BCUT2D eigenvalue weighted by Gasteiger charge is 2.34. The largest absolute Gasteiger partial charge is 0.477 e. The van der Waals surface area contributed by atoms with Gasteiger partial charge in [-0.05, 0) is 0 Å². The Bertz CT molecular complexity index is 676. The first-order chi connectivity index (χ1) is 8.88. The molecule has 0 amide bonds. The predicted octanol–water partition coefficient (Wildman–Crippen LogP) is 2.36. The Kier molecular flexibility index (Phi) is 3.05. The van der Waals surface area contributed by atoms with E-state index >= 15 is 0 Å². The Hall–Kier alpha value is -2.31. The maximum Gasteiger partial charge on any atom is 0.341 e. The van der Waals surface area contributed by atoms with E-state index in [1.54, 1.807) is 0 Å². The fraction of sp³-hybridized carbons (Fsp3) is 0.167. The molecule has 4 nitrogen and oxygen atoms in total. The average Bonchev–Trinajstić information content (AvgIpc) is 2.37. The van der Waals surface area contributed by atoms with Gasteiger partial charge in [-0.15, -0.1) is 0 Å². The number of allylic oxidation sites excluding steroid dienone is 2. The highest BCUT2D eigenvalue weighted by atomic mass is 19.2. The number of hydrogen-bond donors (Lipinski definition) is 1. The van der Waals surface area contributed by atoms with Crippen molar-refractivity contribution in [1.82, 2.24) is 4.57 Å². The van der Waals surface area contributed by atoms with E-state index in [2.05, 4.69) is 6.58 Å². The number of nitrogens with zero attached hydrogens (tertiary/aromatic N) is 1. The summed E-state index contributed by atoms with van der Waals surface area (Å²) in [6.45, 7) is 3.32. The van der Waals surface area contributed by atoms with Crippen molar-refractivity contribution in [2.75, 3.05) is 0 Å². The number of rotatable bonds is 2. The maximum atomic E-state index is 13.8. The Morgan fingerprint density at radius 3 is 2.68 bits per heavy atom.